The van der Waals surface area contributed by atoms with E-state index in [-0.39, 0.29) is 6.61 Å². The summed E-state index contributed by atoms with van der Waals surface area (Å²) in [4.78, 5) is 4.54. The minimum Gasteiger partial charge on any atom is -0.389 e. The Balaban J connectivity index is 2.09. The van der Waals surface area contributed by atoms with Crippen molar-refractivity contribution in [2.75, 3.05) is 53.0 Å². The Labute approximate surface area is 91.8 Å². The predicted molar refractivity (Wildman–Crippen MR) is 59.6 cm³/mol. The van der Waals surface area contributed by atoms with Crippen LogP contribution in [0, 0.1) is 12.3 Å². The Kier molecular flexibility index (Phi) is 5.66. The number of nitrogens with zero attached hydrogens (tertiary/aromatic N) is 2. The van der Waals surface area contributed by atoms with Crippen LogP contribution < -0.4 is 0 Å². The van der Waals surface area contributed by atoms with Gasteiger partial charge in [0.2, 0.25) is 0 Å². The second-order valence-electron chi connectivity index (χ2n) is 3.98. The Morgan fingerprint density at radius 1 is 1.40 bits per heavy atom. The molecule has 0 bridgehead atoms. The summed E-state index contributed by atoms with van der Waals surface area (Å²) in [6.07, 6.45) is 4.61. The molecule has 4 nitrogen and oxygen atoms in total. The number of rotatable bonds is 5. The second kappa shape index (κ2) is 6.81. The molecule has 0 aliphatic carbocycles. The van der Waals surface area contributed by atoms with E-state index in [0.29, 0.717) is 13.2 Å². The first-order chi connectivity index (χ1) is 7.22. The highest BCUT2D eigenvalue weighted by molar-refractivity contribution is 4.83. The van der Waals surface area contributed by atoms with E-state index in [4.69, 9.17) is 11.2 Å². The summed E-state index contributed by atoms with van der Waals surface area (Å²) in [6, 6.07) is 0. The molecule has 86 valence electrons. The van der Waals surface area contributed by atoms with E-state index in [1.54, 1.807) is 0 Å². The summed E-state index contributed by atoms with van der Waals surface area (Å²) in [6.45, 7) is 5.45. The van der Waals surface area contributed by atoms with Gasteiger partial charge >= 0.3 is 0 Å². The van der Waals surface area contributed by atoms with Gasteiger partial charge in [0.1, 0.15) is 6.61 Å². The smallest absolute Gasteiger partial charge is 0.107 e. The number of ether oxygens (including phenoxy) is 1. The zero-order valence-electron chi connectivity index (χ0n) is 9.35. The van der Waals surface area contributed by atoms with Gasteiger partial charge < -0.3 is 14.7 Å². The van der Waals surface area contributed by atoms with Gasteiger partial charge in [-0.05, 0) is 7.05 Å². The van der Waals surface area contributed by atoms with E-state index < -0.39 is 6.10 Å². The van der Waals surface area contributed by atoms with Crippen molar-refractivity contribution in [3.8, 4) is 12.3 Å². The van der Waals surface area contributed by atoms with Crippen LogP contribution in [0.1, 0.15) is 0 Å². The summed E-state index contributed by atoms with van der Waals surface area (Å²) in [7, 11) is 2.11. The molecule has 0 saturated carbocycles. The lowest BCUT2D eigenvalue weighted by atomic mass is 10.3. The average Bonchev–Trinajstić information content (AvgIpc) is 2.22. The molecule has 1 saturated heterocycles. The number of piperazine rings is 1. The standard InChI is InChI=1S/C11H20N2O2/c1-3-8-15-10-11(14)9-13-6-4-12(2)5-7-13/h1,11,14H,4-10H2,2H3/t11-/m1/s1. The van der Waals surface area contributed by atoms with Gasteiger partial charge in [-0.25, -0.2) is 0 Å². The minimum absolute atomic E-state index is 0.278. The van der Waals surface area contributed by atoms with Crippen molar-refractivity contribution >= 4 is 0 Å². The van der Waals surface area contributed by atoms with Crippen LogP contribution in [0.15, 0.2) is 0 Å². The third-order valence-electron chi connectivity index (χ3n) is 2.56. The predicted octanol–water partition coefficient (Wildman–Crippen LogP) is -0.755. The Morgan fingerprint density at radius 2 is 2.07 bits per heavy atom. The normalized spacial score (nSPS) is 21.1. The topological polar surface area (TPSA) is 35.9 Å². The monoisotopic (exact) mass is 212 g/mol. The van der Waals surface area contributed by atoms with Gasteiger partial charge in [0, 0.05) is 32.7 Å². The Bertz CT molecular complexity index is 207. The van der Waals surface area contributed by atoms with Crippen molar-refractivity contribution in [1.82, 2.24) is 9.80 Å². The number of hydrogen-bond acceptors (Lipinski definition) is 4. The van der Waals surface area contributed by atoms with Gasteiger partial charge in [0.25, 0.3) is 0 Å². The fourth-order valence-electron chi connectivity index (χ4n) is 1.64. The number of aliphatic hydroxyl groups excluding tert-OH is 1. The van der Waals surface area contributed by atoms with Crippen LogP contribution >= 0.6 is 0 Å². The average molecular weight is 212 g/mol. The lowest BCUT2D eigenvalue weighted by molar-refractivity contribution is 0.0183. The van der Waals surface area contributed by atoms with Crippen molar-refractivity contribution in [2.45, 2.75) is 6.10 Å². The molecule has 0 spiro atoms. The largest absolute Gasteiger partial charge is 0.389 e. The van der Waals surface area contributed by atoms with E-state index in [0.717, 1.165) is 26.2 Å². The highest BCUT2D eigenvalue weighted by atomic mass is 16.5. The van der Waals surface area contributed by atoms with Crippen molar-refractivity contribution in [2.24, 2.45) is 0 Å². The van der Waals surface area contributed by atoms with Crippen molar-refractivity contribution in [1.29, 1.82) is 0 Å². The molecule has 1 atom stereocenters. The van der Waals surface area contributed by atoms with E-state index in [2.05, 4.69) is 22.8 Å². The number of likely N-dealkylation sites (N-methyl/N-ethyl adjacent to an activating group) is 1. The summed E-state index contributed by atoms with van der Waals surface area (Å²) >= 11 is 0. The summed E-state index contributed by atoms with van der Waals surface area (Å²) in [5, 5.41) is 9.65. The molecule has 15 heavy (non-hydrogen) atoms. The van der Waals surface area contributed by atoms with Crippen LogP contribution in [0.25, 0.3) is 0 Å². The van der Waals surface area contributed by atoms with Crippen LogP contribution in [-0.4, -0.2) is 74.0 Å². The zero-order valence-corrected chi connectivity index (χ0v) is 9.35. The van der Waals surface area contributed by atoms with E-state index in [1.165, 1.54) is 0 Å². The molecule has 1 rings (SSSR count). The van der Waals surface area contributed by atoms with E-state index >= 15 is 0 Å². The number of β-amino-alcohol motifs (C(OH)–C–C–N with tert-alkyl or cyclic N) is 1. The Hall–Kier alpha value is -0.600. The first-order valence-corrected chi connectivity index (χ1v) is 5.32. The number of hydrogen-bond donors (Lipinski definition) is 1. The maximum atomic E-state index is 9.65. The molecule has 1 fully saturated rings. The van der Waals surface area contributed by atoms with Crippen LogP contribution in [0.3, 0.4) is 0 Å². The molecule has 0 aromatic carbocycles. The maximum absolute atomic E-state index is 9.65. The summed E-state index contributed by atoms with van der Waals surface area (Å²) in [5.41, 5.74) is 0. The quantitative estimate of drug-likeness (QED) is 0.480. The second-order valence-corrected chi connectivity index (χ2v) is 3.98. The molecule has 1 N–H and O–H groups in total. The maximum Gasteiger partial charge on any atom is 0.107 e. The molecule has 0 amide bonds. The number of terminal acetylenes is 1. The highest BCUT2D eigenvalue weighted by Gasteiger charge is 2.16. The molecule has 4 heteroatoms. The fourth-order valence-corrected chi connectivity index (χ4v) is 1.64. The fraction of sp³-hybridized carbons (Fsp3) is 0.818. The lowest BCUT2D eigenvalue weighted by Gasteiger charge is -2.33. The lowest BCUT2D eigenvalue weighted by Crippen LogP contribution is -2.47. The van der Waals surface area contributed by atoms with Crippen LogP contribution in [0.4, 0.5) is 0 Å². The van der Waals surface area contributed by atoms with Crippen molar-refractivity contribution < 1.29 is 9.84 Å². The van der Waals surface area contributed by atoms with Gasteiger partial charge in [-0.3, -0.25) is 4.90 Å². The molecule has 1 aliphatic heterocycles. The van der Waals surface area contributed by atoms with Crippen LogP contribution in [0.5, 0.6) is 0 Å². The van der Waals surface area contributed by atoms with E-state index in [1.807, 2.05) is 0 Å². The molecule has 1 heterocycles. The van der Waals surface area contributed by atoms with Gasteiger partial charge in [-0.15, -0.1) is 6.42 Å². The first kappa shape index (κ1) is 12.5. The van der Waals surface area contributed by atoms with Crippen LogP contribution in [-0.2, 0) is 4.74 Å². The first-order valence-electron chi connectivity index (χ1n) is 5.32. The van der Waals surface area contributed by atoms with Gasteiger partial charge in [-0.1, -0.05) is 5.92 Å². The third kappa shape index (κ3) is 5.14. The van der Waals surface area contributed by atoms with Gasteiger partial charge in [0.15, 0.2) is 0 Å². The molecule has 0 radical (unpaired) electrons. The van der Waals surface area contributed by atoms with E-state index in [9.17, 15) is 5.11 Å². The van der Waals surface area contributed by atoms with Crippen LogP contribution in [0.2, 0.25) is 0 Å². The molecule has 0 unspecified atom stereocenters. The number of aliphatic hydroxyl groups is 1. The van der Waals surface area contributed by atoms with Crippen molar-refractivity contribution in [3.63, 3.8) is 0 Å². The molecule has 0 aromatic heterocycles. The molecule has 0 aromatic rings. The Morgan fingerprint density at radius 3 is 2.67 bits per heavy atom. The van der Waals surface area contributed by atoms with Crippen molar-refractivity contribution in [3.05, 3.63) is 0 Å². The SMILES string of the molecule is C#CCOC[C@H](O)CN1CCN(C)CC1. The summed E-state index contributed by atoms with van der Waals surface area (Å²) in [5.74, 6) is 2.38. The van der Waals surface area contributed by atoms with Gasteiger partial charge in [-0.2, -0.15) is 0 Å². The summed E-state index contributed by atoms with van der Waals surface area (Å²) < 4.78 is 5.08. The molecule has 1 aliphatic rings. The zero-order chi connectivity index (χ0) is 11.1. The van der Waals surface area contributed by atoms with Gasteiger partial charge in [0.05, 0.1) is 12.7 Å². The minimum atomic E-state index is -0.429. The molecular formula is C11H20N2O2. The highest BCUT2D eigenvalue weighted by Crippen LogP contribution is 2.00. The molecular weight excluding hydrogens is 192 g/mol. The third-order valence-corrected chi connectivity index (χ3v) is 2.56.